The van der Waals surface area contributed by atoms with Crippen LogP contribution in [0.2, 0.25) is 0 Å². The Morgan fingerprint density at radius 3 is 2.29 bits per heavy atom. The molecule has 0 fully saturated rings. The second kappa shape index (κ2) is 16.2. The molecule has 0 heterocycles. The molecule has 252 valence electrons. The van der Waals surface area contributed by atoms with E-state index in [1.807, 2.05) is 13.0 Å². The molecule has 0 aliphatic rings. The second-order valence-electron chi connectivity index (χ2n) is 9.42. The number of benzene rings is 4. The highest BCUT2D eigenvalue weighted by atomic mass is 32.2. The molecule has 0 spiro atoms. The second-order valence-corrected chi connectivity index (χ2v) is 14.4. The Labute approximate surface area is 282 Å². The van der Waals surface area contributed by atoms with Crippen LogP contribution in [-0.4, -0.2) is 37.5 Å². The highest BCUT2D eigenvalue weighted by Crippen LogP contribution is 2.49. The summed E-state index contributed by atoms with van der Waals surface area (Å²) in [6.45, 7) is 1.85. The summed E-state index contributed by atoms with van der Waals surface area (Å²) in [5, 5.41) is 39.6. The van der Waals surface area contributed by atoms with E-state index in [0.717, 1.165) is 18.1 Å². The van der Waals surface area contributed by atoms with Crippen LogP contribution in [0, 0.1) is 12.5 Å². The van der Waals surface area contributed by atoms with Gasteiger partial charge in [0, 0.05) is 4.90 Å². The van der Waals surface area contributed by atoms with Gasteiger partial charge in [-0.15, -0.1) is 14.6 Å². The van der Waals surface area contributed by atoms with E-state index in [-0.39, 0.29) is 43.4 Å². The van der Waals surface area contributed by atoms with E-state index in [9.17, 15) is 26.5 Å². The monoisotopic (exact) mass is 735 g/mol. The number of hydrogen-bond acceptors (Lipinski definition) is 17. The molecule has 16 nitrogen and oxygen atoms in total. The largest absolute Gasteiger partial charge is 0.505 e. The minimum Gasteiger partial charge on any atom is -0.505 e. The van der Waals surface area contributed by atoms with E-state index < -0.39 is 36.3 Å². The van der Waals surface area contributed by atoms with E-state index >= 15 is 0 Å². The molecule has 4 aromatic carbocycles. The molecular formula is C28H25N5O11S4. The van der Waals surface area contributed by atoms with Crippen LogP contribution in [0.25, 0.3) is 10.8 Å². The number of phenolic OH excluding ortho intramolecular Hbond substituents is 1. The van der Waals surface area contributed by atoms with Crippen LogP contribution in [0.5, 0.6) is 5.75 Å². The predicted octanol–water partition coefficient (Wildman–Crippen LogP) is 7.75. The summed E-state index contributed by atoms with van der Waals surface area (Å²) < 4.78 is 69.4. The molecule has 0 aromatic heterocycles. The first-order valence-corrected chi connectivity index (χ1v) is 17.9. The number of rotatable bonds is 15. The molecule has 48 heavy (non-hydrogen) atoms. The van der Waals surface area contributed by atoms with Crippen molar-refractivity contribution in [2.45, 2.75) is 39.3 Å². The maximum Gasteiger partial charge on any atom is 0.296 e. The number of terminal acetylenes is 1. The zero-order valence-corrected chi connectivity index (χ0v) is 27.8. The molecule has 0 amide bonds. The zero-order valence-electron chi connectivity index (χ0n) is 24.6. The quantitative estimate of drug-likeness (QED) is 0.0133. The summed E-state index contributed by atoms with van der Waals surface area (Å²) in [7, 11) is -8.65. The summed E-state index contributed by atoms with van der Waals surface area (Å²) in [4.78, 5) is 4.16. The molecular weight excluding hydrogens is 711 g/mol. The standard InChI is InChI=1S/C28H25N5O11S4/c1-3-5-13-47(36,37)21-8-6-7-19(16-21)31-33-27-23(48(38,39)40)15-17-14-22(46-44-42-35)26(25(29)24(17)28(27)34)32-30-18-9-11-20(12-10-18)45-43-41-4-2/h2,6-12,14-16,34-35H,3,5,13,29H2,1H3,(H,38,39,40). The number of fused-ring (bicyclic) bond motifs is 1. The molecule has 0 aliphatic carbocycles. The molecule has 20 heteroatoms. The fraction of sp³-hybridized carbons (Fsp3) is 0.143. The molecule has 0 saturated carbocycles. The SMILES string of the molecule is C#COOSc1ccc(N=Nc2c(SOOO)cc3cc(S(=O)(=O)O)c(N=Nc4cccc(S(=O)(=O)CCCC)c4)c(O)c3c2N)cc1. The highest BCUT2D eigenvalue weighted by Gasteiger charge is 2.26. The van der Waals surface area contributed by atoms with Gasteiger partial charge >= 0.3 is 0 Å². The maximum absolute atomic E-state index is 12.7. The number of nitrogens with two attached hydrogens (primary N) is 1. The average Bonchev–Trinajstić information content (AvgIpc) is 3.05. The fourth-order valence-electron chi connectivity index (χ4n) is 4.07. The van der Waals surface area contributed by atoms with Gasteiger partial charge in [-0.25, -0.2) is 13.7 Å². The normalized spacial score (nSPS) is 12.2. The van der Waals surface area contributed by atoms with Crippen molar-refractivity contribution in [3.8, 4) is 18.3 Å². The van der Waals surface area contributed by atoms with Gasteiger partial charge in [-0.1, -0.05) is 35.2 Å². The van der Waals surface area contributed by atoms with Gasteiger partial charge in [-0.3, -0.25) is 9.44 Å². The van der Waals surface area contributed by atoms with E-state index in [4.69, 9.17) is 21.7 Å². The first-order valence-electron chi connectivity index (χ1n) is 13.4. The lowest BCUT2D eigenvalue weighted by molar-refractivity contribution is -0.432. The van der Waals surface area contributed by atoms with Crippen molar-refractivity contribution < 1.29 is 50.3 Å². The third-order valence-corrected chi connectivity index (χ3v) is 10.2. The molecule has 0 radical (unpaired) electrons. The summed E-state index contributed by atoms with van der Waals surface area (Å²) in [5.41, 5.74) is 5.72. The summed E-state index contributed by atoms with van der Waals surface area (Å²) in [5.74, 6) is -0.894. The van der Waals surface area contributed by atoms with Crippen LogP contribution < -0.4 is 5.73 Å². The molecule has 0 saturated heterocycles. The molecule has 4 rings (SSSR count). The topological polar surface area (TPSA) is 241 Å². The van der Waals surface area contributed by atoms with Crippen LogP contribution in [0.1, 0.15) is 19.8 Å². The Morgan fingerprint density at radius 2 is 1.62 bits per heavy atom. The van der Waals surface area contributed by atoms with E-state index in [0.29, 0.717) is 35.5 Å². The van der Waals surface area contributed by atoms with Crippen LogP contribution in [0.3, 0.4) is 0 Å². The number of hydrogen-bond donors (Lipinski definition) is 4. The molecule has 0 unspecified atom stereocenters. The third-order valence-electron chi connectivity index (χ3n) is 6.27. The van der Waals surface area contributed by atoms with Crippen molar-refractivity contribution in [2.24, 2.45) is 20.5 Å². The summed E-state index contributed by atoms with van der Waals surface area (Å²) >= 11 is 1.27. The van der Waals surface area contributed by atoms with Gasteiger partial charge in [0.05, 0.1) is 62.1 Å². The highest BCUT2D eigenvalue weighted by molar-refractivity contribution is 7.95. The van der Waals surface area contributed by atoms with Crippen molar-refractivity contribution in [2.75, 3.05) is 11.5 Å². The van der Waals surface area contributed by atoms with Crippen LogP contribution in [-0.2, 0) is 38.5 Å². The molecule has 4 aromatic rings. The minimum absolute atomic E-state index is 0.0169. The van der Waals surface area contributed by atoms with E-state index in [2.05, 4.69) is 34.7 Å². The summed E-state index contributed by atoms with van der Waals surface area (Å²) in [6.07, 6.45) is 7.92. The molecule has 0 atom stereocenters. The average molecular weight is 736 g/mol. The Bertz CT molecular complexity index is 2120. The lowest BCUT2D eigenvalue weighted by Crippen LogP contribution is -2.06. The van der Waals surface area contributed by atoms with Crippen molar-refractivity contribution in [1.29, 1.82) is 0 Å². The van der Waals surface area contributed by atoms with Gasteiger partial charge in [0.1, 0.15) is 16.3 Å². The van der Waals surface area contributed by atoms with E-state index in [1.165, 1.54) is 30.3 Å². The maximum atomic E-state index is 12.7. The van der Waals surface area contributed by atoms with E-state index in [1.54, 1.807) is 24.3 Å². The van der Waals surface area contributed by atoms with Gasteiger partial charge in [-0.05, 0) is 66.4 Å². The fourth-order valence-corrected chi connectivity index (χ4v) is 7.13. The number of sulfone groups is 1. The van der Waals surface area contributed by atoms with Gasteiger partial charge in [-0.2, -0.15) is 18.6 Å². The smallest absolute Gasteiger partial charge is 0.296 e. The van der Waals surface area contributed by atoms with Gasteiger partial charge in [0.25, 0.3) is 10.1 Å². The van der Waals surface area contributed by atoms with Gasteiger partial charge < -0.3 is 10.8 Å². The number of nitrogen functional groups attached to an aromatic ring is 1. The minimum atomic E-state index is -5.03. The molecule has 0 aliphatic heterocycles. The number of azo groups is 2. The first kappa shape index (κ1) is 36.5. The Hall–Kier alpha value is -4.30. The molecule has 5 N–H and O–H groups in total. The van der Waals surface area contributed by atoms with Crippen molar-refractivity contribution in [3.63, 3.8) is 0 Å². The van der Waals surface area contributed by atoms with Gasteiger partial charge in [0.2, 0.25) is 0 Å². The number of aromatic hydroxyl groups is 1. The van der Waals surface area contributed by atoms with Crippen LogP contribution in [0.4, 0.5) is 28.4 Å². The lowest BCUT2D eigenvalue weighted by atomic mass is 10.1. The summed E-state index contributed by atoms with van der Waals surface area (Å²) in [6, 6.07) is 14.1. The number of anilines is 1. The van der Waals surface area contributed by atoms with Gasteiger partial charge in [0.15, 0.2) is 21.7 Å². The van der Waals surface area contributed by atoms with Crippen LogP contribution in [0.15, 0.2) is 101 Å². The number of phenols is 1. The zero-order chi connectivity index (χ0) is 34.9. The Morgan fingerprint density at radius 1 is 0.917 bits per heavy atom. The van der Waals surface area contributed by atoms with Crippen LogP contribution >= 0.6 is 24.1 Å². The first-order chi connectivity index (χ1) is 22.9. The van der Waals surface area contributed by atoms with Crippen molar-refractivity contribution >= 4 is 83.3 Å². The third kappa shape index (κ3) is 8.98. The Kier molecular flexibility index (Phi) is 12.3. The predicted molar refractivity (Wildman–Crippen MR) is 176 cm³/mol. The Balaban J connectivity index is 1.82. The number of unbranched alkanes of at least 4 members (excludes halogenated alkanes) is 1. The molecule has 0 bridgehead atoms. The number of nitrogens with zero attached hydrogens (tertiary/aromatic N) is 4. The van der Waals surface area contributed by atoms with Crippen molar-refractivity contribution in [1.82, 2.24) is 0 Å². The lowest BCUT2D eigenvalue weighted by Gasteiger charge is -2.14. The van der Waals surface area contributed by atoms with Crippen molar-refractivity contribution in [3.05, 3.63) is 60.7 Å².